The third-order valence-corrected chi connectivity index (χ3v) is 1.70. The minimum absolute atomic E-state index is 0.439. The highest BCUT2D eigenvalue weighted by molar-refractivity contribution is 5.83. The van der Waals surface area contributed by atoms with Crippen molar-refractivity contribution in [2.45, 2.75) is 13.8 Å². The quantitative estimate of drug-likeness (QED) is 0.391. The Labute approximate surface area is 77.8 Å². The maximum atomic E-state index is 10.9. The van der Waals surface area contributed by atoms with E-state index < -0.39 is 5.97 Å². The average Bonchev–Trinajstić information content (AvgIpc) is 2.11. The fraction of sp³-hybridized carbons (Fsp3) is 0.182. The third-order valence-electron chi connectivity index (χ3n) is 1.70. The molecule has 0 amide bonds. The number of benzene rings is 1. The molecule has 67 valence electrons. The Morgan fingerprint density at radius 2 is 2.31 bits per heavy atom. The van der Waals surface area contributed by atoms with Crippen molar-refractivity contribution in [2.75, 3.05) is 0 Å². The monoisotopic (exact) mass is 175 g/mol. The summed E-state index contributed by atoms with van der Waals surface area (Å²) in [6.45, 7) is 7.06. The second kappa shape index (κ2) is 3.90. The van der Waals surface area contributed by atoms with Gasteiger partial charge < -0.3 is 4.74 Å². The first kappa shape index (κ1) is 9.52. The van der Waals surface area contributed by atoms with Crippen molar-refractivity contribution in [1.29, 1.82) is 0 Å². The predicted molar refractivity (Wildman–Crippen MR) is 50.6 cm³/mol. The first-order valence-corrected chi connectivity index (χ1v) is 3.97. The molecule has 0 spiro atoms. The van der Waals surface area contributed by atoms with Crippen LogP contribution in [-0.4, -0.2) is 5.97 Å². The van der Waals surface area contributed by atoms with Crippen LogP contribution in [0.3, 0.4) is 0 Å². The van der Waals surface area contributed by atoms with Crippen molar-refractivity contribution < 1.29 is 9.53 Å². The van der Waals surface area contributed by atoms with Gasteiger partial charge in [-0.3, -0.25) is 0 Å². The van der Waals surface area contributed by atoms with E-state index in [1.807, 2.05) is 19.9 Å². The lowest BCUT2D eigenvalue weighted by molar-refractivity contribution is -0.129. The van der Waals surface area contributed by atoms with Gasteiger partial charge in [-0.05, 0) is 31.0 Å². The third kappa shape index (κ3) is 2.18. The highest BCUT2D eigenvalue weighted by Crippen LogP contribution is 2.21. The van der Waals surface area contributed by atoms with E-state index in [9.17, 15) is 4.79 Å². The summed E-state index contributed by atoms with van der Waals surface area (Å²) in [4.78, 5) is 10.9. The predicted octanol–water partition coefficient (Wildman–Crippen LogP) is 2.20. The molecule has 0 aliphatic heterocycles. The molecule has 13 heavy (non-hydrogen) atoms. The summed E-state index contributed by atoms with van der Waals surface area (Å²) in [5.41, 5.74) is 1.75. The van der Waals surface area contributed by atoms with E-state index in [1.54, 1.807) is 6.07 Å². The molecule has 2 nitrogen and oxygen atoms in total. The minimum atomic E-state index is -0.439. The zero-order chi connectivity index (χ0) is 9.84. The summed E-state index contributed by atoms with van der Waals surface area (Å²) in [5, 5.41) is 0. The molecular weight excluding hydrogens is 164 g/mol. The van der Waals surface area contributed by atoms with Crippen LogP contribution < -0.4 is 4.74 Å². The normalized spacial score (nSPS) is 9.38. The fourth-order valence-corrected chi connectivity index (χ4v) is 1.03. The fourth-order valence-electron chi connectivity index (χ4n) is 1.03. The van der Waals surface area contributed by atoms with E-state index in [2.05, 4.69) is 12.6 Å². The van der Waals surface area contributed by atoms with E-state index in [-0.39, 0.29) is 0 Å². The minimum Gasteiger partial charge on any atom is -0.423 e. The topological polar surface area (TPSA) is 26.3 Å². The summed E-state index contributed by atoms with van der Waals surface area (Å²) in [5.74, 6) is 0.137. The number of esters is 1. The van der Waals surface area contributed by atoms with Gasteiger partial charge >= 0.3 is 5.97 Å². The highest BCUT2D eigenvalue weighted by atomic mass is 16.5. The van der Waals surface area contributed by atoms with Crippen LogP contribution in [0.1, 0.15) is 11.1 Å². The number of ether oxygens (including phenoxy) is 1. The second-order valence-corrected chi connectivity index (χ2v) is 2.74. The molecule has 1 radical (unpaired) electrons. The van der Waals surface area contributed by atoms with E-state index in [1.165, 1.54) is 0 Å². The largest absolute Gasteiger partial charge is 0.423 e. The number of hydrogen-bond acceptors (Lipinski definition) is 2. The van der Waals surface area contributed by atoms with Crippen LogP contribution in [0.2, 0.25) is 0 Å². The van der Waals surface area contributed by atoms with Crippen molar-refractivity contribution in [3.8, 4) is 5.75 Å². The maximum Gasteiger partial charge on any atom is 0.335 e. The molecular formula is C11H11O2. The van der Waals surface area contributed by atoms with Gasteiger partial charge in [0, 0.05) is 6.08 Å². The standard InChI is InChI=1S/C11H11O2/c1-4-10(12)13-11-8(2)6-5-7-9(11)3/h4-6H,1H2,2-3H3. The highest BCUT2D eigenvalue weighted by Gasteiger charge is 2.06. The van der Waals surface area contributed by atoms with E-state index in [0.29, 0.717) is 5.75 Å². The summed E-state index contributed by atoms with van der Waals surface area (Å²) in [6.07, 6.45) is 1.14. The van der Waals surface area contributed by atoms with Crippen LogP contribution in [0, 0.1) is 19.9 Å². The van der Waals surface area contributed by atoms with Crippen LogP contribution in [0.5, 0.6) is 5.75 Å². The van der Waals surface area contributed by atoms with Gasteiger partial charge in [0.25, 0.3) is 0 Å². The van der Waals surface area contributed by atoms with Crippen molar-refractivity contribution in [3.63, 3.8) is 0 Å². The lowest BCUT2D eigenvalue weighted by Crippen LogP contribution is -2.05. The molecule has 0 heterocycles. The van der Waals surface area contributed by atoms with Gasteiger partial charge in [0.1, 0.15) is 5.75 Å². The second-order valence-electron chi connectivity index (χ2n) is 2.74. The molecule has 0 aromatic heterocycles. The van der Waals surface area contributed by atoms with Gasteiger partial charge in [0.15, 0.2) is 0 Å². The number of carbonyl (C=O) groups is 1. The smallest absolute Gasteiger partial charge is 0.335 e. The summed E-state index contributed by atoms with van der Waals surface area (Å²) in [6, 6.07) is 6.61. The summed E-state index contributed by atoms with van der Waals surface area (Å²) in [7, 11) is 0. The Morgan fingerprint density at radius 3 is 2.85 bits per heavy atom. The molecule has 0 aliphatic carbocycles. The summed E-state index contributed by atoms with van der Waals surface area (Å²) < 4.78 is 5.04. The number of hydrogen-bond donors (Lipinski definition) is 0. The van der Waals surface area contributed by atoms with E-state index >= 15 is 0 Å². The van der Waals surface area contributed by atoms with Crippen LogP contribution in [0.25, 0.3) is 0 Å². The molecule has 0 atom stereocenters. The lowest BCUT2D eigenvalue weighted by Gasteiger charge is -2.07. The van der Waals surface area contributed by atoms with Gasteiger partial charge in [0.05, 0.1) is 0 Å². The molecule has 0 unspecified atom stereocenters. The molecule has 0 N–H and O–H groups in total. The molecule has 0 saturated carbocycles. The van der Waals surface area contributed by atoms with Crippen LogP contribution in [0.4, 0.5) is 0 Å². The Kier molecular flexibility index (Phi) is 2.85. The van der Waals surface area contributed by atoms with Crippen LogP contribution in [0.15, 0.2) is 24.8 Å². The maximum absolute atomic E-state index is 10.9. The molecule has 0 bridgehead atoms. The van der Waals surface area contributed by atoms with Crippen molar-refractivity contribution in [1.82, 2.24) is 0 Å². The molecule has 0 saturated heterocycles. The Bertz CT molecular complexity index is 320. The van der Waals surface area contributed by atoms with Crippen LogP contribution >= 0.6 is 0 Å². The van der Waals surface area contributed by atoms with Gasteiger partial charge in [-0.25, -0.2) is 4.79 Å². The Balaban J connectivity index is 2.99. The van der Waals surface area contributed by atoms with Crippen molar-refractivity contribution in [3.05, 3.63) is 42.0 Å². The van der Waals surface area contributed by atoms with Gasteiger partial charge in [-0.1, -0.05) is 18.7 Å². The first-order chi connectivity index (χ1) is 6.15. The molecule has 1 rings (SSSR count). The van der Waals surface area contributed by atoms with E-state index in [4.69, 9.17) is 4.74 Å². The van der Waals surface area contributed by atoms with Crippen molar-refractivity contribution >= 4 is 5.97 Å². The van der Waals surface area contributed by atoms with E-state index in [0.717, 1.165) is 17.2 Å². The lowest BCUT2D eigenvalue weighted by atomic mass is 10.1. The van der Waals surface area contributed by atoms with Gasteiger partial charge in [0.2, 0.25) is 0 Å². The average molecular weight is 175 g/mol. The van der Waals surface area contributed by atoms with Gasteiger partial charge in [-0.2, -0.15) is 0 Å². The summed E-state index contributed by atoms with van der Waals surface area (Å²) >= 11 is 0. The number of rotatable bonds is 2. The zero-order valence-corrected chi connectivity index (χ0v) is 7.76. The number of carbonyl (C=O) groups excluding carboxylic acids is 1. The SMILES string of the molecule is C=CC(=O)Oc1c(C)[c]ccc1C. The molecule has 1 aromatic rings. The Hall–Kier alpha value is -1.57. The first-order valence-electron chi connectivity index (χ1n) is 3.97. The van der Waals surface area contributed by atoms with Crippen molar-refractivity contribution in [2.24, 2.45) is 0 Å². The zero-order valence-electron chi connectivity index (χ0n) is 7.76. The van der Waals surface area contributed by atoms with Crippen LogP contribution in [-0.2, 0) is 4.79 Å². The molecule has 1 aromatic carbocycles. The van der Waals surface area contributed by atoms with Gasteiger partial charge in [-0.15, -0.1) is 0 Å². The number of aryl methyl sites for hydroxylation is 2. The molecule has 2 heteroatoms. The molecule has 0 aliphatic rings. The Morgan fingerprint density at radius 1 is 1.62 bits per heavy atom. The molecule has 0 fully saturated rings.